The van der Waals surface area contributed by atoms with Gasteiger partial charge in [-0.1, -0.05) is 102 Å². The van der Waals surface area contributed by atoms with Gasteiger partial charge in [0.05, 0.1) is 18.3 Å². The van der Waals surface area contributed by atoms with Crippen LogP contribution in [0.3, 0.4) is 0 Å². The fourth-order valence-electron chi connectivity index (χ4n) is 13.2. The van der Waals surface area contributed by atoms with Crippen LogP contribution in [-0.2, 0) is 57.5 Å². The van der Waals surface area contributed by atoms with Crippen molar-refractivity contribution < 1.29 is 62.6 Å². The van der Waals surface area contributed by atoms with Crippen LogP contribution in [0.25, 0.3) is 0 Å². The van der Waals surface area contributed by atoms with Crippen LogP contribution in [0, 0.1) is 41.4 Å². The number of likely N-dealkylation sites (N-methyl/N-ethyl adjacent to an activating group) is 7. The minimum atomic E-state index is -1.63. The van der Waals surface area contributed by atoms with Gasteiger partial charge < -0.3 is 65.4 Å². The van der Waals surface area contributed by atoms with Gasteiger partial charge in [-0.2, -0.15) is 0 Å². The molecule has 16 atom stereocenters. The highest BCUT2D eigenvalue weighted by Crippen LogP contribution is 2.29. The van der Waals surface area contributed by atoms with Crippen LogP contribution >= 0.6 is 0 Å². The summed E-state index contributed by atoms with van der Waals surface area (Å²) in [4.78, 5) is 174. The Kier molecular flexibility index (Phi) is 31.4. The van der Waals surface area contributed by atoms with Gasteiger partial charge in [-0.15, -0.1) is 0 Å². The highest BCUT2D eigenvalue weighted by atomic mass is 16.5. The SMILES string of the molecule is C/C=C/C[C@@H](C)[C@@H](O)[C@H]1C(=O)N[C@@H](CC)C(=O)N(C)[C@H](C)C(=O)N(C)[C@@H]([C@H](C)CN2CC3CCC(C2)O3)C(=O)N[C@@H](C(C)C)C(=O)N(C)[C@@H](CC(C)C)C(=O)N[C@@H](C)C(=O)N[C@H](C)C(=O)N(C)[C@@H](CC(C)C)C(=O)N(C)[C@@H](CC(C)C)C(=O)N(C)[C@@H](C(C)C)C(=O)N1C. The standard InChI is InChI=1S/C68H120N12O13/c1-25-27-28-42(13)57(81)56-61(85)71-49(26-2)64(88)73(18)46(17)63(87)78(23)55(43(14)34-80-35-47-29-30-48(36-80)93-47)60(84)72-53(40(9)10)67(91)74(19)50(31-37(3)4)59(83)69-44(15)58(82)70-45(16)62(86)75(20)51(32-38(5)6)65(89)76(21)52(33-39(7)8)66(90)77(22)54(41(11)12)68(92)79(56)24/h25,27,37-57,81H,26,28-36H2,1-24H3,(H,69,83)(H,70,82)(H,71,85)(H,72,84)/b27-25+/t42-,43-,44+,45-,46-,47?,48?,49+,50+,51+,52+,53+,54+,55+,56+,57-/m1/s1. The van der Waals surface area contributed by atoms with E-state index in [0.29, 0.717) is 26.1 Å². The van der Waals surface area contributed by atoms with Crippen molar-refractivity contribution in [1.82, 2.24) is 60.5 Å². The Morgan fingerprint density at radius 3 is 1.42 bits per heavy atom. The zero-order chi connectivity index (χ0) is 71.1. The number of fused-ring (bicyclic) bond motifs is 2. The first-order chi connectivity index (χ1) is 43.2. The predicted octanol–water partition coefficient (Wildman–Crippen LogP) is 3.11. The summed E-state index contributed by atoms with van der Waals surface area (Å²) in [7, 11) is 10.0. The van der Waals surface area contributed by atoms with Gasteiger partial charge in [0, 0.05) is 69.0 Å². The van der Waals surface area contributed by atoms with Crippen molar-refractivity contribution in [2.75, 3.05) is 69.0 Å². The third-order valence-electron chi connectivity index (χ3n) is 19.0. The molecule has 25 heteroatoms. The average molecular weight is 1310 g/mol. The van der Waals surface area contributed by atoms with Crippen molar-refractivity contribution in [1.29, 1.82) is 0 Å². The van der Waals surface area contributed by atoms with Crippen molar-refractivity contribution in [2.45, 2.75) is 247 Å². The largest absolute Gasteiger partial charge is 0.390 e. The van der Waals surface area contributed by atoms with E-state index < -0.39 is 161 Å². The van der Waals surface area contributed by atoms with E-state index in [4.69, 9.17) is 4.74 Å². The van der Waals surface area contributed by atoms with Gasteiger partial charge in [-0.05, 0) is 114 Å². The molecule has 3 heterocycles. The third kappa shape index (κ3) is 21.1. The second-order valence-corrected chi connectivity index (χ2v) is 28.9. The Bertz CT molecular complexity index is 2610. The number of nitrogens with one attached hydrogen (secondary N) is 4. The molecule has 0 spiro atoms. The lowest BCUT2D eigenvalue weighted by Gasteiger charge is -2.41. The number of aliphatic hydroxyl groups excluding tert-OH is 1. The first-order valence-electron chi connectivity index (χ1n) is 33.9. The zero-order valence-corrected chi connectivity index (χ0v) is 60.8. The molecule has 0 aromatic carbocycles. The molecule has 0 saturated carbocycles. The average Bonchev–Trinajstić information content (AvgIpc) is 1.17. The summed E-state index contributed by atoms with van der Waals surface area (Å²) in [6.07, 6.45) is 4.66. The Hall–Kier alpha value is -6.21. The van der Waals surface area contributed by atoms with Crippen LogP contribution in [0.15, 0.2) is 12.2 Å². The van der Waals surface area contributed by atoms with Gasteiger partial charge in [-0.25, -0.2) is 0 Å². The molecule has 530 valence electrons. The van der Waals surface area contributed by atoms with Crippen LogP contribution in [-0.4, -0.2) is 263 Å². The number of morpholine rings is 1. The fourth-order valence-corrected chi connectivity index (χ4v) is 13.2. The summed E-state index contributed by atoms with van der Waals surface area (Å²) in [6.45, 7) is 31.2. The van der Waals surface area contributed by atoms with Crippen LogP contribution in [0.5, 0.6) is 0 Å². The van der Waals surface area contributed by atoms with Gasteiger partial charge in [-0.3, -0.25) is 57.6 Å². The Balaban J connectivity index is 2.34. The number of rotatable bonds is 16. The number of hydrogen-bond donors (Lipinski definition) is 5. The zero-order valence-electron chi connectivity index (χ0n) is 60.8. The highest BCUT2D eigenvalue weighted by molar-refractivity contribution is 6.00. The first-order valence-corrected chi connectivity index (χ1v) is 33.9. The van der Waals surface area contributed by atoms with Crippen molar-refractivity contribution in [2.24, 2.45) is 41.4 Å². The molecule has 3 rings (SSSR count). The predicted molar refractivity (Wildman–Crippen MR) is 357 cm³/mol. The summed E-state index contributed by atoms with van der Waals surface area (Å²) >= 11 is 0. The number of carbonyl (C=O) groups excluding carboxylic acids is 11. The summed E-state index contributed by atoms with van der Waals surface area (Å²) in [5.41, 5.74) is 0. The molecule has 3 aliphatic rings. The third-order valence-corrected chi connectivity index (χ3v) is 19.0. The van der Waals surface area contributed by atoms with E-state index in [1.807, 2.05) is 54.5 Å². The highest BCUT2D eigenvalue weighted by Gasteiger charge is 2.47. The molecule has 3 aliphatic heterocycles. The number of hydrogen-bond acceptors (Lipinski definition) is 14. The maximum absolute atomic E-state index is 15.3. The number of aliphatic hydroxyl groups is 1. The number of likely N-dealkylation sites (tertiary alicyclic amines) is 1. The van der Waals surface area contributed by atoms with E-state index in [9.17, 15) is 29.1 Å². The normalized spacial score (nSPS) is 30.0. The van der Waals surface area contributed by atoms with Gasteiger partial charge in [0.15, 0.2) is 0 Å². The van der Waals surface area contributed by atoms with E-state index in [2.05, 4.69) is 26.2 Å². The molecule has 0 aromatic heterocycles. The van der Waals surface area contributed by atoms with Crippen LogP contribution < -0.4 is 21.3 Å². The van der Waals surface area contributed by atoms with Crippen LogP contribution in [0.2, 0.25) is 0 Å². The molecular weight excluding hydrogens is 1190 g/mol. The number of nitrogens with zero attached hydrogens (tertiary/aromatic N) is 8. The van der Waals surface area contributed by atoms with Gasteiger partial charge in [0.25, 0.3) is 0 Å². The van der Waals surface area contributed by atoms with Gasteiger partial charge >= 0.3 is 0 Å². The Morgan fingerprint density at radius 1 is 0.484 bits per heavy atom. The van der Waals surface area contributed by atoms with Crippen LogP contribution in [0.1, 0.15) is 163 Å². The second-order valence-electron chi connectivity index (χ2n) is 28.9. The molecule has 0 aromatic rings. The van der Waals surface area contributed by atoms with E-state index >= 15 is 28.8 Å². The molecule has 0 radical (unpaired) electrons. The maximum Gasteiger partial charge on any atom is 0.246 e. The molecule has 93 heavy (non-hydrogen) atoms. The van der Waals surface area contributed by atoms with Gasteiger partial charge in [0.2, 0.25) is 65.0 Å². The monoisotopic (exact) mass is 1310 g/mol. The van der Waals surface area contributed by atoms with E-state index in [-0.39, 0.29) is 55.6 Å². The summed E-state index contributed by atoms with van der Waals surface area (Å²) in [6, 6.07) is -13.8. The molecule has 2 unspecified atom stereocenters. The van der Waals surface area contributed by atoms with Crippen LogP contribution in [0.4, 0.5) is 0 Å². The van der Waals surface area contributed by atoms with E-state index in [0.717, 1.165) is 17.7 Å². The number of carbonyl (C=O) groups is 11. The fraction of sp³-hybridized carbons (Fsp3) is 0.809. The van der Waals surface area contributed by atoms with Crippen molar-refractivity contribution in [3.05, 3.63) is 12.2 Å². The Labute approximate surface area is 555 Å². The topological polar surface area (TPSA) is 291 Å². The van der Waals surface area contributed by atoms with E-state index in [1.165, 1.54) is 99.5 Å². The lowest BCUT2D eigenvalue weighted by atomic mass is 9.91. The van der Waals surface area contributed by atoms with E-state index in [1.54, 1.807) is 54.5 Å². The molecule has 0 aliphatic carbocycles. The quantitative estimate of drug-likeness (QED) is 0.139. The summed E-state index contributed by atoms with van der Waals surface area (Å²) in [5.74, 6) is -10.2. The summed E-state index contributed by atoms with van der Waals surface area (Å²) in [5, 5.41) is 23.4. The molecule has 5 N–H and O–H groups in total. The molecule has 3 fully saturated rings. The number of amides is 11. The van der Waals surface area contributed by atoms with Gasteiger partial charge in [0.1, 0.15) is 66.5 Å². The molecule has 11 amide bonds. The smallest absolute Gasteiger partial charge is 0.246 e. The molecule has 25 nitrogen and oxygen atoms in total. The van der Waals surface area contributed by atoms with Crippen molar-refractivity contribution >= 4 is 65.0 Å². The molecular formula is C68H120N12O13. The van der Waals surface area contributed by atoms with Crippen molar-refractivity contribution in [3.63, 3.8) is 0 Å². The lowest BCUT2D eigenvalue weighted by molar-refractivity contribution is -0.157. The van der Waals surface area contributed by atoms with Crippen molar-refractivity contribution in [3.8, 4) is 0 Å². The minimum absolute atomic E-state index is 0.00694. The second kappa shape index (κ2) is 36.1. The lowest BCUT2D eigenvalue weighted by Crippen LogP contribution is -2.64. The number of ether oxygens (including phenoxy) is 1. The maximum atomic E-state index is 15.3. The summed E-state index contributed by atoms with van der Waals surface area (Å²) < 4.78 is 6.12. The molecule has 2 bridgehead atoms. The molecule has 3 saturated heterocycles. The minimum Gasteiger partial charge on any atom is -0.390 e. The Morgan fingerprint density at radius 2 is 0.935 bits per heavy atom. The number of allylic oxidation sites excluding steroid dienone is 2. The first kappa shape index (κ1) is 81.0.